The SMILES string of the molecule is Nc1nc2c(-c3ccc(=O)n(CC(F)F)c3)cc(-c3cnn(C(c4ccc(C(F)(F)F)nc4)C4CCOCC4)c3)cn2n1. The molecule has 0 aliphatic carbocycles. The number of fused-ring (bicyclic) bond motifs is 1. The van der Waals surface area contributed by atoms with E-state index in [1.54, 1.807) is 29.3 Å². The van der Waals surface area contributed by atoms with Gasteiger partial charge in [-0.1, -0.05) is 6.07 Å². The van der Waals surface area contributed by atoms with Crippen molar-refractivity contribution in [3.05, 3.63) is 82.9 Å². The minimum Gasteiger partial charge on any atom is -0.381 e. The highest BCUT2D eigenvalue weighted by Gasteiger charge is 2.34. The third kappa shape index (κ3) is 5.84. The summed E-state index contributed by atoms with van der Waals surface area (Å²) in [5.41, 5.74) is 7.47. The summed E-state index contributed by atoms with van der Waals surface area (Å²) in [6.07, 6.45) is 1.74. The predicted octanol–water partition coefficient (Wildman–Crippen LogP) is 4.70. The minimum atomic E-state index is -4.56. The van der Waals surface area contributed by atoms with Crippen LogP contribution in [0.5, 0.6) is 0 Å². The van der Waals surface area contributed by atoms with Gasteiger partial charge in [-0.25, -0.2) is 13.3 Å². The molecular weight excluding hydrogens is 575 g/mol. The van der Waals surface area contributed by atoms with E-state index in [1.165, 1.54) is 35.1 Å². The Morgan fingerprint density at radius 2 is 1.79 bits per heavy atom. The number of nitrogens with two attached hydrogens (primary N) is 1. The standard InChI is InChI=1S/C28H25F5N8O2/c29-23(30)15-39-12-18(2-4-24(39)42)21-9-19(13-41-26(21)37-27(34)38-41)20-11-36-40(14-20)25(16-5-7-43-8-6-16)17-1-3-22(35-10-17)28(31,32)33/h1-4,9-14,16,23,25H,5-8,15H2,(H2,34,38). The molecule has 0 amide bonds. The van der Waals surface area contributed by atoms with Crippen LogP contribution in [0.15, 0.2) is 66.1 Å². The van der Waals surface area contributed by atoms with Crippen LogP contribution < -0.4 is 11.3 Å². The Labute approximate surface area is 240 Å². The first-order valence-corrected chi connectivity index (χ1v) is 13.4. The molecule has 15 heteroatoms. The number of aromatic nitrogens is 7. The second kappa shape index (κ2) is 11.2. The Morgan fingerprint density at radius 1 is 1.00 bits per heavy atom. The van der Waals surface area contributed by atoms with Gasteiger partial charge >= 0.3 is 6.18 Å². The van der Waals surface area contributed by atoms with Crippen molar-refractivity contribution in [2.45, 2.75) is 38.0 Å². The average molecular weight is 601 g/mol. The summed E-state index contributed by atoms with van der Waals surface area (Å²) in [5, 5.41) is 8.81. The van der Waals surface area contributed by atoms with Gasteiger partial charge in [0.1, 0.15) is 5.69 Å². The zero-order valence-corrected chi connectivity index (χ0v) is 22.5. The molecular formula is C28H25F5N8O2. The molecule has 6 rings (SSSR count). The molecule has 1 saturated heterocycles. The van der Waals surface area contributed by atoms with E-state index in [9.17, 15) is 26.7 Å². The van der Waals surface area contributed by atoms with E-state index in [1.807, 2.05) is 0 Å². The molecule has 1 aliphatic rings. The number of alkyl halides is 5. The van der Waals surface area contributed by atoms with Gasteiger partial charge in [-0.15, -0.1) is 5.10 Å². The molecule has 1 aliphatic heterocycles. The molecule has 0 bridgehead atoms. The van der Waals surface area contributed by atoms with Gasteiger partial charge in [-0.3, -0.25) is 14.5 Å². The Bertz CT molecular complexity index is 1810. The van der Waals surface area contributed by atoms with Gasteiger partial charge in [0, 0.05) is 66.3 Å². The summed E-state index contributed by atoms with van der Waals surface area (Å²) >= 11 is 0. The normalized spacial score (nSPS) is 15.4. The first kappa shape index (κ1) is 28.5. The zero-order valence-electron chi connectivity index (χ0n) is 22.5. The molecule has 1 atom stereocenters. The lowest BCUT2D eigenvalue weighted by Crippen LogP contribution is -2.27. The molecule has 0 aromatic carbocycles. The average Bonchev–Trinajstić information content (AvgIpc) is 3.60. The van der Waals surface area contributed by atoms with E-state index >= 15 is 0 Å². The maximum absolute atomic E-state index is 13.2. The molecule has 43 heavy (non-hydrogen) atoms. The molecule has 0 spiro atoms. The van der Waals surface area contributed by atoms with Crippen molar-refractivity contribution in [1.82, 2.24) is 33.9 Å². The summed E-state index contributed by atoms with van der Waals surface area (Å²) in [7, 11) is 0. The van der Waals surface area contributed by atoms with Crippen molar-refractivity contribution in [3.8, 4) is 22.3 Å². The molecule has 224 valence electrons. The number of pyridine rings is 3. The maximum atomic E-state index is 13.2. The molecule has 5 aromatic rings. The van der Waals surface area contributed by atoms with E-state index in [0.717, 1.165) is 10.6 Å². The number of hydrogen-bond acceptors (Lipinski definition) is 7. The fourth-order valence-corrected chi connectivity index (χ4v) is 5.41. The van der Waals surface area contributed by atoms with Crippen molar-refractivity contribution in [1.29, 1.82) is 0 Å². The van der Waals surface area contributed by atoms with Crippen LogP contribution in [0.2, 0.25) is 0 Å². The summed E-state index contributed by atoms with van der Waals surface area (Å²) in [5.74, 6) is 0.0217. The van der Waals surface area contributed by atoms with Crippen LogP contribution in [-0.4, -0.2) is 53.6 Å². The first-order chi connectivity index (χ1) is 20.6. The number of anilines is 1. The fraction of sp³-hybridized carbons (Fsp3) is 0.321. The monoisotopic (exact) mass is 600 g/mol. The van der Waals surface area contributed by atoms with E-state index in [2.05, 4.69) is 20.2 Å². The van der Waals surface area contributed by atoms with Crippen LogP contribution in [0, 0.1) is 5.92 Å². The molecule has 6 heterocycles. The summed E-state index contributed by atoms with van der Waals surface area (Å²) < 4.78 is 75.4. The van der Waals surface area contributed by atoms with Gasteiger partial charge in [0.2, 0.25) is 5.95 Å². The highest BCUT2D eigenvalue weighted by atomic mass is 19.4. The third-order valence-electron chi connectivity index (χ3n) is 7.43. The number of hydrogen-bond donors (Lipinski definition) is 1. The van der Waals surface area contributed by atoms with E-state index < -0.39 is 36.4 Å². The van der Waals surface area contributed by atoms with E-state index in [0.29, 0.717) is 59.5 Å². The number of nitrogen functional groups attached to an aromatic ring is 1. The van der Waals surface area contributed by atoms with Gasteiger partial charge in [-0.2, -0.15) is 23.3 Å². The molecule has 2 N–H and O–H groups in total. The van der Waals surface area contributed by atoms with Crippen LogP contribution in [0.25, 0.3) is 27.9 Å². The first-order valence-electron chi connectivity index (χ1n) is 13.4. The van der Waals surface area contributed by atoms with Crippen molar-refractivity contribution in [3.63, 3.8) is 0 Å². The molecule has 1 unspecified atom stereocenters. The smallest absolute Gasteiger partial charge is 0.381 e. The van der Waals surface area contributed by atoms with Crippen LogP contribution in [0.3, 0.4) is 0 Å². The highest BCUT2D eigenvalue weighted by Crippen LogP contribution is 2.36. The van der Waals surface area contributed by atoms with Crippen molar-refractivity contribution < 1.29 is 26.7 Å². The molecule has 1 fully saturated rings. The van der Waals surface area contributed by atoms with Gasteiger partial charge < -0.3 is 15.0 Å². The molecule has 0 saturated carbocycles. The van der Waals surface area contributed by atoms with Gasteiger partial charge in [-0.05, 0) is 42.5 Å². The Morgan fingerprint density at radius 3 is 2.49 bits per heavy atom. The summed E-state index contributed by atoms with van der Waals surface area (Å²) in [4.78, 5) is 20.1. The number of ether oxygens (including phenoxy) is 1. The van der Waals surface area contributed by atoms with Crippen LogP contribution in [0.4, 0.5) is 27.9 Å². The Balaban J connectivity index is 1.42. The predicted molar refractivity (Wildman–Crippen MR) is 145 cm³/mol. The summed E-state index contributed by atoms with van der Waals surface area (Å²) in [6.45, 7) is 0.270. The third-order valence-corrected chi connectivity index (χ3v) is 7.43. The van der Waals surface area contributed by atoms with Gasteiger partial charge in [0.05, 0.1) is 18.8 Å². The van der Waals surface area contributed by atoms with Crippen molar-refractivity contribution in [2.24, 2.45) is 5.92 Å². The van der Waals surface area contributed by atoms with Gasteiger partial charge in [0.25, 0.3) is 12.0 Å². The molecule has 0 radical (unpaired) electrons. The second-order valence-corrected chi connectivity index (χ2v) is 10.3. The number of halogens is 5. The van der Waals surface area contributed by atoms with E-state index in [-0.39, 0.29) is 11.9 Å². The summed E-state index contributed by atoms with van der Waals surface area (Å²) in [6, 6.07) is 6.46. The van der Waals surface area contributed by atoms with Crippen LogP contribution in [-0.2, 0) is 17.5 Å². The molecule has 5 aromatic heterocycles. The number of rotatable bonds is 7. The lowest BCUT2D eigenvalue weighted by molar-refractivity contribution is -0.141. The van der Waals surface area contributed by atoms with Crippen molar-refractivity contribution >= 4 is 11.6 Å². The van der Waals surface area contributed by atoms with E-state index in [4.69, 9.17) is 10.5 Å². The zero-order chi connectivity index (χ0) is 30.3. The minimum absolute atomic E-state index is 0.00983. The fourth-order valence-electron chi connectivity index (χ4n) is 5.41. The van der Waals surface area contributed by atoms with Crippen LogP contribution >= 0.6 is 0 Å². The number of nitrogens with zero attached hydrogens (tertiary/aromatic N) is 7. The Kier molecular flexibility index (Phi) is 7.42. The largest absolute Gasteiger partial charge is 0.433 e. The second-order valence-electron chi connectivity index (χ2n) is 10.3. The lowest BCUT2D eigenvalue weighted by atomic mass is 9.87. The quantitative estimate of drug-likeness (QED) is 0.269. The maximum Gasteiger partial charge on any atom is 0.433 e. The van der Waals surface area contributed by atoms with Crippen LogP contribution in [0.1, 0.15) is 30.1 Å². The van der Waals surface area contributed by atoms with Gasteiger partial charge in [0.15, 0.2) is 5.65 Å². The van der Waals surface area contributed by atoms with Crippen molar-refractivity contribution in [2.75, 3.05) is 18.9 Å². The Hall–Kier alpha value is -4.66. The molecule has 10 nitrogen and oxygen atoms in total. The topological polar surface area (TPSA) is 118 Å². The highest BCUT2D eigenvalue weighted by molar-refractivity contribution is 5.82. The lowest BCUT2D eigenvalue weighted by Gasteiger charge is -2.30.